The van der Waals surface area contributed by atoms with Crippen molar-refractivity contribution in [2.75, 3.05) is 6.61 Å². The molecule has 2 unspecified atom stereocenters. The second-order valence-electron chi connectivity index (χ2n) is 4.59. The number of amides is 1. The number of ether oxygens (including phenoxy) is 1. The molecule has 0 radical (unpaired) electrons. The molecule has 5 heteroatoms. The van der Waals surface area contributed by atoms with Gasteiger partial charge in [0.2, 0.25) is 0 Å². The van der Waals surface area contributed by atoms with Crippen LogP contribution in [0.1, 0.15) is 25.8 Å². The lowest BCUT2D eigenvalue weighted by molar-refractivity contribution is -0.127. The van der Waals surface area contributed by atoms with E-state index in [9.17, 15) is 4.79 Å². The molecule has 1 aromatic rings. The predicted octanol–water partition coefficient (Wildman–Crippen LogP) is 2.30. The Morgan fingerprint density at radius 2 is 2.16 bits per heavy atom. The highest BCUT2D eigenvalue weighted by molar-refractivity contribution is 6.30. The normalized spacial score (nSPS) is 13.7. The van der Waals surface area contributed by atoms with E-state index >= 15 is 0 Å². The number of rotatable bonds is 6. The number of benzene rings is 1. The van der Waals surface area contributed by atoms with Crippen LogP contribution in [0, 0.1) is 6.92 Å². The van der Waals surface area contributed by atoms with Gasteiger partial charge in [-0.1, -0.05) is 11.6 Å². The summed E-state index contributed by atoms with van der Waals surface area (Å²) in [7, 11) is 0. The minimum atomic E-state index is -0.596. The van der Waals surface area contributed by atoms with Crippen molar-refractivity contribution in [3.8, 4) is 5.75 Å². The van der Waals surface area contributed by atoms with Crippen molar-refractivity contribution >= 4 is 17.5 Å². The molecule has 1 aromatic carbocycles. The van der Waals surface area contributed by atoms with Gasteiger partial charge in [0.25, 0.3) is 5.91 Å². The van der Waals surface area contributed by atoms with Crippen molar-refractivity contribution in [3.05, 3.63) is 28.8 Å². The van der Waals surface area contributed by atoms with E-state index < -0.39 is 6.10 Å². The van der Waals surface area contributed by atoms with E-state index in [-0.39, 0.29) is 18.6 Å². The van der Waals surface area contributed by atoms with Crippen LogP contribution in [0.5, 0.6) is 5.75 Å². The van der Waals surface area contributed by atoms with Gasteiger partial charge in [-0.05, 0) is 51.0 Å². The first-order valence-electron chi connectivity index (χ1n) is 6.28. The molecule has 0 saturated carbocycles. The third-order valence-corrected chi connectivity index (χ3v) is 3.00. The number of aliphatic hydroxyl groups excluding tert-OH is 1. The molecule has 0 aliphatic carbocycles. The average Bonchev–Trinajstić information content (AvgIpc) is 2.32. The number of hydrogen-bond donors (Lipinski definition) is 2. The number of nitrogens with one attached hydrogen (secondary N) is 1. The molecule has 4 nitrogen and oxygen atoms in total. The summed E-state index contributed by atoms with van der Waals surface area (Å²) >= 11 is 5.86. The minimum Gasteiger partial charge on any atom is -0.481 e. The number of aryl methyl sites for hydroxylation is 1. The number of carbonyl (C=O) groups excluding carboxylic acids is 1. The molecular formula is C14H20ClNO3. The van der Waals surface area contributed by atoms with E-state index in [1.807, 2.05) is 13.8 Å². The summed E-state index contributed by atoms with van der Waals surface area (Å²) < 4.78 is 5.61. The summed E-state index contributed by atoms with van der Waals surface area (Å²) in [6.45, 7) is 5.45. The molecular weight excluding hydrogens is 266 g/mol. The van der Waals surface area contributed by atoms with Crippen molar-refractivity contribution in [2.24, 2.45) is 0 Å². The molecule has 1 amide bonds. The average molecular weight is 286 g/mol. The monoisotopic (exact) mass is 285 g/mol. The minimum absolute atomic E-state index is 0.0486. The Morgan fingerprint density at radius 3 is 2.74 bits per heavy atom. The Kier molecular flexibility index (Phi) is 6.12. The topological polar surface area (TPSA) is 58.6 Å². The van der Waals surface area contributed by atoms with Crippen molar-refractivity contribution in [1.29, 1.82) is 0 Å². The zero-order chi connectivity index (χ0) is 14.4. The van der Waals surface area contributed by atoms with Crippen LogP contribution < -0.4 is 10.1 Å². The first kappa shape index (κ1) is 15.8. The van der Waals surface area contributed by atoms with Gasteiger partial charge in [0, 0.05) is 17.7 Å². The highest BCUT2D eigenvalue weighted by Gasteiger charge is 2.17. The lowest BCUT2D eigenvalue weighted by Crippen LogP contribution is -2.41. The van der Waals surface area contributed by atoms with E-state index in [0.717, 1.165) is 5.56 Å². The molecule has 0 aliphatic heterocycles. The largest absolute Gasteiger partial charge is 0.481 e. The van der Waals surface area contributed by atoms with Gasteiger partial charge < -0.3 is 15.2 Å². The van der Waals surface area contributed by atoms with Crippen LogP contribution in [0.3, 0.4) is 0 Å². The second kappa shape index (κ2) is 7.36. The molecule has 19 heavy (non-hydrogen) atoms. The summed E-state index contributed by atoms with van der Waals surface area (Å²) in [5, 5.41) is 12.2. The van der Waals surface area contributed by atoms with Gasteiger partial charge in [0.1, 0.15) is 5.75 Å². The number of hydrogen-bond acceptors (Lipinski definition) is 3. The predicted molar refractivity (Wildman–Crippen MR) is 75.6 cm³/mol. The Morgan fingerprint density at radius 1 is 1.47 bits per heavy atom. The number of halogens is 1. The van der Waals surface area contributed by atoms with Crippen LogP contribution in [0.2, 0.25) is 5.02 Å². The molecule has 0 fully saturated rings. The molecule has 0 aliphatic rings. The smallest absolute Gasteiger partial charge is 0.260 e. The van der Waals surface area contributed by atoms with Crippen molar-refractivity contribution in [3.63, 3.8) is 0 Å². The van der Waals surface area contributed by atoms with E-state index in [0.29, 0.717) is 17.2 Å². The highest BCUT2D eigenvalue weighted by Crippen LogP contribution is 2.22. The maximum absolute atomic E-state index is 11.9. The molecule has 1 rings (SSSR count). The Balaban J connectivity index is 2.58. The van der Waals surface area contributed by atoms with Crippen molar-refractivity contribution in [1.82, 2.24) is 5.32 Å². The van der Waals surface area contributed by atoms with E-state index in [1.165, 1.54) is 0 Å². The third-order valence-electron chi connectivity index (χ3n) is 2.76. The zero-order valence-corrected chi connectivity index (χ0v) is 12.2. The fourth-order valence-corrected chi connectivity index (χ4v) is 1.84. The molecule has 2 N–H and O–H groups in total. The van der Waals surface area contributed by atoms with E-state index in [1.54, 1.807) is 25.1 Å². The van der Waals surface area contributed by atoms with Crippen LogP contribution >= 0.6 is 11.6 Å². The zero-order valence-electron chi connectivity index (χ0n) is 11.4. The third kappa shape index (κ3) is 5.09. The molecule has 0 bridgehead atoms. The lowest BCUT2D eigenvalue weighted by Gasteiger charge is -2.19. The summed E-state index contributed by atoms with van der Waals surface area (Å²) in [5.41, 5.74) is 0.885. The molecule has 0 heterocycles. The van der Waals surface area contributed by atoms with Crippen LogP contribution in [0.25, 0.3) is 0 Å². The SMILES string of the molecule is Cc1cc(Cl)ccc1OC(C)C(=O)NC(C)CCO. The maximum Gasteiger partial charge on any atom is 0.260 e. The highest BCUT2D eigenvalue weighted by atomic mass is 35.5. The molecule has 0 spiro atoms. The summed E-state index contributed by atoms with van der Waals surface area (Å²) in [4.78, 5) is 11.9. The van der Waals surface area contributed by atoms with Crippen molar-refractivity contribution < 1.29 is 14.6 Å². The Bertz CT molecular complexity index is 437. The van der Waals surface area contributed by atoms with Crippen molar-refractivity contribution in [2.45, 2.75) is 39.3 Å². The van der Waals surface area contributed by atoms with Gasteiger partial charge in [-0.15, -0.1) is 0 Å². The lowest BCUT2D eigenvalue weighted by atomic mass is 10.2. The number of carbonyl (C=O) groups is 1. The fraction of sp³-hybridized carbons (Fsp3) is 0.500. The second-order valence-corrected chi connectivity index (χ2v) is 5.03. The quantitative estimate of drug-likeness (QED) is 0.843. The van der Waals surface area contributed by atoms with Crippen LogP contribution in [0.15, 0.2) is 18.2 Å². The van der Waals surface area contributed by atoms with Crippen LogP contribution in [0.4, 0.5) is 0 Å². The van der Waals surface area contributed by atoms with E-state index in [4.69, 9.17) is 21.4 Å². The van der Waals surface area contributed by atoms with Gasteiger partial charge in [-0.2, -0.15) is 0 Å². The van der Waals surface area contributed by atoms with Gasteiger partial charge in [0.05, 0.1) is 0 Å². The van der Waals surface area contributed by atoms with Gasteiger partial charge in [-0.3, -0.25) is 4.79 Å². The van der Waals surface area contributed by atoms with Gasteiger partial charge >= 0.3 is 0 Å². The van der Waals surface area contributed by atoms with Gasteiger partial charge in [0.15, 0.2) is 6.10 Å². The first-order chi connectivity index (χ1) is 8.93. The fourth-order valence-electron chi connectivity index (χ4n) is 1.62. The standard InChI is InChI=1S/C14H20ClNO3/c1-9-8-12(15)4-5-13(9)19-11(3)14(18)16-10(2)6-7-17/h4-5,8,10-11,17H,6-7H2,1-3H3,(H,16,18). The maximum atomic E-state index is 11.9. The van der Waals surface area contributed by atoms with Crippen LogP contribution in [-0.2, 0) is 4.79 Å². The molecule has 106 valence electrons. The Hall–Kier alpha value is -1.26. The van der Waals surface area contributed by atoms with Gasteiger partial charge in [-0.25, -0.2) is 0 Å². The van der Waals surface area contributed by atoms with E-state index in [2.05, 4.69) is 5.32 Å². The molecule has 0 aromatic heterocycles. The molecule has 2 atom stereocenters. The summed E-state index contributed by atoms with van der Waals surface area (Å²) in [5.74, 6) is 0.442. The Labute approximate surface area is 118 Å². The molecule has 0 saturated heterocycles. The first-order valence-corrected chi connectivity index (χ1v) is 6.66. The number of aliphatic hydroxyl groups is 1. The summed E-state index contributed by atoms with van der Waals surface area (Å²) in [6, 6.07) is 5.19. The summed E-state index contributed by atoms with van der Waals surface area (Å²) in [6.07, 6.45) is -0.0701. The van der Waals surface area contributed by atoms with Crippen LogP contribution in [-0.4, -0.2) is 29.8 Å².